The van der Waals surface area contributed by atoms with Crippen LogP contribution in [0, 0.1) is 5.41 Å². The number of rotatable bonds is 0. The molecule has 0 aromatic rings. The van der Waals surface area contributed by atoms with Gasteiger partial charge in [-0.15, -0.1) is 0 Å². The molecule has 0 amide bonds. The summed E-state index contributed by atoms with van der Waals surface area (Å²) in [5, 5.41) is 7.37. The first-order valence-corrected chi connectivity index (χ1v) is 2.74. The van der Waals surface area contributed by atoms with Crippen molar-refractivity contribution < 1.29 is 4.59 Å². The molecule has 0 heterocycles. The summed E-state index contributed by atoms with van der Waals surface area (Å²) in [6, 6.07) is 0. The largest absolute Gasteiger partial charge is 0.316 e. The van der Waals surface area contributed by atoms with E-state index in [1.165, 1.54) is 0 Å². The number of hydrogen-bond donors (Lipinski definition) is 2. The van der Waals surface area contributed by atoms with Gasteiger partial charge in [0, 0.05) is 14.1 Å². The van der Waals surface area contributed by atoms with Crippen molar-refractivity contribution >= 4 is 5.96 Å². The Labute approximate surface area is 55.9 Å². The molecule has 0 spiro atoms. The number of hydrogen-bond acceptors (Lipinski definition) is 2. The van der Waals surface area contributed by atoms with Gasteiger partial charge in [-0.05, 0) is 0 Å². The van der Waals surface area contributed by atoms with Crippen molar-refractivity contribution in [1.82, 2.24) is 4.90 Å². The summed E-state index contributed by atoms with van der Waals surface area (Å²) < 4.78 is 0.0764. The van der Waals surface area contributed by atoms with Gasteiger partial charge in [-0.3, -0.25) is 0 Å². The van der Waals surface area contributed by atoms with E-state index in [0.717, 1.165) is 0 Å². The van der Waals surface area contributed by atoms with Crippen LogP contribution in [0.3, 0.4) is 0 Å². The topological polar surface area (TPSA) is 53.1 Å². The Kier molecular flexibility index (Phi) is 2.17. The number of quaternary nitrogens is 1. The van der Waals surface area contributed by atoms with E-state index in [0.29, 0.717) is 5.96 Å². The molecule has 0 saturated carbocycles. The lowest BCUT2D eigenvalue weighted by Crippen LogP contribution is -2.56. The number of guanidine groups is 1. The van der Waals surface area contributed by atoms with E-state index < -0.39 is 0 Å². The molecule has 0 rings (SSSR count). The van der Waals surface area contributed by atoms with Crippen molar-refractivity contribution in [2.75, 3.05) is 28.2 Å². The van der Waals surface area contributed by atoms with Crippen LogP contribution in [0.1, 0.15) is 0 Å². The molecule has 4 nitrogen and oxygen atoms in total. The van der Waals surface area contributed by atoms with Crippen molar-refractivity contribution in [1.29, 1.82) is 5.41 Å². The predicted molar refractivity (Wildman–Crippen MR) is 37.7 cm³/mol. The lowest BCUT2D eigenvalue weighted by molar-refractivity contribution is -0.818. The van der Waals surface area contributed by atoms with Crippen molar-refractivity contribution in [3.05, 3.63) is 0 Å². The maximum Gasteiger partial charge on any atom is 0.316 e. The Hall–Kier alpha value is -0.610. The summed E-state index contributed by atoms with van der Waals surface area (Å²) in [6.07, 6.45) is 0. The first kappa shape index (κ1) is 8.39. The van der Waals surface area contributed by atoms with Crippen molar-refractivity contribution in [3.8, 4) is 0 Å². The monoisotopic (exact) mass is 131 g/mol. The second kappa shape index (κ2) is 2.33. The lowest BCUT2D eigenvalue weighted by atomic mass is 10.7. The molecule has 0 unspecified atom stereocenters. The molecule has 0 aromatic carbocycles. The summed E-state index contributed by atoms with van der Waals surface area (Å²) in [4.78, 5) is 1.68. The van der Waals surface area contributed by atoms with E-state index in [2.05, 4.69) is 0 Å². The zero-order chi connectivity index (χ0) is 7.65. The molecule has 0 aliphatic rings. The van der Waals surface area contributed by atoms with E-state index in [1.54, 1.807) is 33.1 Å². The fourth-order valence-corrected chi connectivity index (χ4v) is 0.515. The maximum absolute atomic E-state index is 7.37. The highest BCUT2D eigenvalue weighted by molar-refractivity contribution is 5.68. The second-order valence-electron chi connectivity index (χ2n) is 2.76. The molecule has 0 bridgehead atoms. The third kappa shape index (κ3) is 2.43. The van der Waals surface area contributed by atoms with Crippen LogP contribution >= 0.6 is 0 Å². The van der Waals surface area contributed by atoms with E-state index in [9.17, 15) is 0 Å². The smallest absolute Gasteiger partial charge is 0.316 e. The van der Waals surface area contributed by atoms with E-state index in [-0.39, 0.29) is 4.59 Å². The summed E-state index contributed by atoms with van der Waals surface area (Å²) in [7, 11) is 7.11. The number of nitrogens with zero attached hydrogens (tertiary/aromatic N) is 2. The Morgan fingerprint density at radius 1 is 1.44 bits per heavy atom. The molecule has 9 heavy (non-hydrogen) atoms. The van der Waals surface area contributed by atoms with Gasteiger partial charge in [0.15, 0.2) is 0 Å². The van der Waals surface area contributed by atoms with Gasteiger partial charge in [0.05, 0.1) is 14.1 Å². The highest BCUT2D eigenvalue weighted by atomic mass is 15.6. The molecule has 0 saturated heterocycles. The fourth-order valence-electron chi connectivity index (χ4n) is 0.515. The van der Waals surface area contributed by atoms with Gasteiger partial charge < -0.3 is 4.90 Å². The molecular formula is C5H15N4+. The minimum Gasteiger partial charge on any atom is -0.316 e. The molecule has 0 atom stereocenters. The predicted octanol–water partition coefficient (Wildman–Crippen LogP) is -0.567. The van der Waals surface area contributed by atoms with Crippen LogP contribution in [0.15, 0.2) is 0 Å². The molecule has 0 radical (unpaired) electrons. The molecule has 4 heteroatoms. The Balaban J connectivity index is 4.06. The van der Waals surface area contributed by atoms with Crippen LogP contribution in [-0.4, -0.2) is 43.6 Å². The fraction of sp³-hybridized carbons (Fsp3) is 0.800. The van der Waals surface area contributed by atoms with Gasteiger partial charge in [0.1, 0.15) is 0 Å². The van der Waals surface area contributed by atoms with Gasteiger partial charge in [0.25, 0.3) is 0 Å². The lowest BCUT2D eigenvalue weighted by Gasteiger charge is -2.25. The van der Waals surface area contributed by atoms with Crippen LogP contribution in [0.4, 0.5) is 0 Å². The van der Waals surface area contributed by atoms with Crippen LogP contribution in [-0.2, 0) is 0 Å². The van der Waals surface area contributed by atoms with Crippen molar-refractivity contribution in [2.24, 2.45) is 5.84 Å². The molecule has 54 valence electrons. The first-order valence-electron chi connectivity index (χ1n) is 2.74. The van der Waals surface area contributed by atoms with Crippen LogP contribution < -0.4 is 5.84 Å². The van der Waals surface area contributed by atoms with Crippen LogP contribution in [0.2, 0.25) is 0 Å². The van der Waals surface area contributed by atoms with Gasteiger partial charge in [0.2, 0.25) is 0 Å². The van der Waals surface area contributed by atoms with E-state index >= 15 is 0 Å². The minimum absolute atomic E-state index is 0.0764. The highest BCUT2D eigenvalue weighted by Gasteiger charge is 2.18. The van der Waals surface area contributed by atoms with Gasteiger partial charge in [-0.1, -0.05) is 0 Å². The quantitative estimate of drug-likeness (QED) is 0.152. The Morgan fingerprint density at radius 2 is 1.78 bits per heavy atom. The molecule has 0 fully saturated rings. The number of nitrogens with one attached hydrogen (secondary N) is 1. The van der Waals surface area contributed by atoms with Crippen molar-refractivity contribution in [2.45, 2.75) is 0 Å². The zero-order valence-electron chi connectivity index (χ0n) is 6.47. The molecule has 0 aromatic heterocycles. The van der Waals surface area contributed by atoms with Crippen molar-refractivity contribution in [3.63, 3.8) is 0 Å². The molecule has 0 aliphatic carbocycles. The molecule has 0 aliphatic heterocycles. The van der Waals surface area contributed by atoms with Gasteiger partial charge >= 0.3 is 5.96 Å². The normalized spacial score (nSPS) is 11.2. The minimum atomic E-state index is 0.0764. The highest BCUT2D eigenvalue weighted by Crippen LogP contribution is 1.89. The van der Waals surface area contributed by atoms with E-state index in [4.69, 9.17) is 11.3 Å². The van der Waals surface area contributed by atoms with Crippen LogP contribution in [0.25, 0.3) is 0 Å². The summed E-state index contributed by atoms with van der Waals surface area (Å²) >= 11 is 0. The average molecular weight is 131 g/mol. The molecular weight excluding hydrogens is 116 g/mol. The van der Waals surface area contributed by atoms with E-state index in [1.807, 2.05) is 0 Å². The average Bonchev–Trinajstić information content (AvgIpc) is 1.62. The first-order chi connectivity index (χ1) is 3.85. The SMILES string of the molecule is CN(C)C(=N)[N+](C)(C)N. The summed E-state index contributed by atoms with van der Waals surface area (Å²) in [6.45, 7) is 0. The standard InChI is InChI=1S/C5H15N4/c1-8(2)5(6)9(3,4)7/h6H,7H2,1-4H3/q+1. The summed E-state index contributed by atoms with van der Waals surface area (Å²) in [5.74, 6) is 5.94. The third-order valence-electron chi connectivity index (χ3n) is 0.969. The van der Waals surface area contributed by atoms with Gasteiger partial charge in [-0.2, -0.15) is 10.4 Å². The summed E-state index contributed by atoms with van der Waals surface area (Å²) in [5.41, 5.74) is 0. The zero-order valence-corrected chi connectivity index (χ0v) is 6.47. The Bertz CT molecular complexity index is 111. The third-order valence-corrected chi connectivity index (χ3v) is 0.969. The Morgan fingerprint density at radius 3 is 1.78 bits per heavy atom. The second-order valence-corrected chi connectivity index (χ2v) is 2.76. The number of nitrogens with two attached hydrogens (primary N) is 1. The molecule has 3 N–H and O–H groups in total. The maximum atomic E-state index is 7.37. The van der Waals surface area contributed by atoms with Gasteiger partial charge in [-0.25, -0.2) is 5.41 Å². The van der Waals surface area contributed by atoms with Crippen LogP contribution in [0.5, 0.6) is 0 Å².